The third-order valence-corrected chi connectivity index (χ3v) is 7.53. The smallest absolute Gasteiger partial charge is 0.181 e. The van der Waals surface area contributed by atoms with Crippen LogP contribution in [0.3, 0.4) is 0 Å². The normalized spacial score (nSPS) is 11.4. The van der Waals surface area contributed by atoms with Gasteiger partial charge in [0.25, 0.3) is 0 Å². The number of rotatable bonds is 4. The van der Waals surface area contributed by atoms with Crippen LogP contribution < -0.4 is 4.90 Å². The number of aromatic nitrogens is 2. The second-order valence-electron chi connectivity index (χ2n) is 9.98. The molecule has 0 radical (unpaired) electrons. The quantitative estimate of drug-likeness (QED) is 0.226. The van der Waals surface area contributed by atoms with E-state index in [1.807, 2.05) is 54.6 Å². The molecule has 2 heterocycles. The highest BCUT2D eigenvalue weighted by molar-refractivity contribution is 5.95. The topological polar surface area (TPSA) is 79.1 Å². The summed E-state index contributed by atoms with van der Waals surface area (Å²) in [6.07, 6.45) is 2.93. The molecule has 6 heteroatoms. The Hall–Kier alpha value is -5.93. The molecule has 0 N–H and O–H groups in total. The summed E-state index contributed by atoms with van der Waals surface area (Å²) in [7, 11) is 0. The van der Waals surface area contributed by atoms with Gasteiger partial charge in [-0.05, 0) is 105 Å². The summed E-state index contributed by atoms with van der Waals surface area (Å²) in [4.78, 5) is 10.9. The molecule has 2 aromatic heterocycles. The second kappa shape index (κ2) is 9.08. The fourth-order valence-electron chi connectivity index (χ4n) is 5.47. The third kappa shape index (κ3) is 3.96. The van der Waals surface area contributed by atoms with Crippen LogP contribution in [0.25, 0.3) is 54.9 Å². The van der Waals surface area contributed by atoms with Crippen molar-refractivity contribution < 1.29 is 8.83 Å². The number of hydrogen-bond donors (Lipinski definition) is 0. The molecule has 8 rings (SSSR count). The monoisotopic (exact) mass is 528 g/mol. The number of hydrogen-bond acceptors (Lipinski definition) is 6. The molecule has 8 aromatic rings. The molecule has 41 heavy (non-hydrogen) atoms. The van der Waals surface area contributed by atoms with Gasteiger partial charge in [-0.2, -0.15) is 5.26 Å². The van der Waals surface area contributed by atoms with Crippen LogP contribution in [0.15, 0.2) is 131 Å². The predicted octanol–water partition coefficient (Wildman–Crippen LogP) is 9.28. The Labute approximate surface area is 234 Å². The van der Waals surface area contributed by atoms with E-state index in [9.17, 15) is 5.26 Å². The zero-order valence-corrected chi connectivity index (χ0v) is 21.7. The first-order valence-electron chi connectivity index (χ1n) is 13.2. The lowest BCUT2D eigenvalue weighted by molar-refractivity contribution is 0.602. The highest BCUT2D eigenvalue weighted by atomic mass is 16.3. The molecule has 0 aliphatic heterocycles. The maximum absolute atomic E-state index is 9.31. The highest BCUT2D eigenvalue weighted by Gasteiger charge is 2.16. The Bertz CT molecular complexity index is 2230. The summed E-state index contributed by atoms with van der Waals surface area (Å²) in [5, 5.41) is 13.7. The summed E-state index contributed by atoms with van der Waals surface area (Å²) in [6.45, 7) is 0. The first-order valence-corrected chi connectivity index (χ1v) is 13.2. The Kier molecular flexibility index (Phi) is 5.09. The summed E-state index contributed by atoms with van der Waals surface area (Å²) in [6, 6.07) is 39.4. The molecule has 0 aliphatic rings. The predicted molar refractivity (Wildman–Crippen MR) is 161 cm³/mol. The lowest BCUT2D eigenvalue weighted by Crippen LogP contribution is -2.09. The zero-order valence-electron chi connectivity index (χ0n) is 21.7. The third-order valence-electron chi connectivity index (χ3n) is 7.53. The van der Waals surface area contributed by atoms with Crippen molar-refractivity contribution in [3.05, 3.63) is 128 Å². The van der Waals surface area contributed by atoms with Crippen molar-refractivity contribution in [3.63, 3.8) is 0 Å². The summed E-state index contributed by atoms with van der Waals surface area (Å²) in [5.74, 6) is 0. The van der Waals surface area contributed by atoms with Gasteiger partial charge in [0.1, 0.15) is 11.0 Å². The Morgan fingerprint density at radius 1 is 0.512 bits per heavy atom. The van der Waals surface area contributed by atoms with E-state index >= 15 is 0 Å². The molecule has 192 valence electrons. The standard InChI is InChI=1S/C35H20N4O2/c36-19-22-1-2-23-3-4-25(15-28(23)13-22)24-5-6-27-16-29(8-7-26(27)14-24)39(30-9-11-34-32(17-30)37-20-40-34)31-10-12-35-33(18-31)38-21-41-35/h1-18,20-21H. The minimum absolute atomic E-state index is 0.663. The van der Waals surface area contributed by atoms with Crippen molar-refractivity contribution in [3.8, 4) is 17.2 Å². The van der Waals surface area contributed by atoms with Gasteiger partial charge >= 0.3 is 0 Å². The van der Waals surface area contributed by atoms with Crippen LogP contribution in [-0.4, -0.2) is 9.97 Å². The molecule has 0 aliphatic carbocycles. The average molecular weight is 529 g/mol. The Morgan fingerprint density at radius 2 is 1.05 bits per heavy atom. The van der Waals surface area contributed by atoms with Gasteiger partial charge in [-0.3, -0.25) is 0 Å². The molecular formula is C35H20N4O2. The summed E-state index contributed by atoms with van der Waals surface area (Å²) >= 11 is 0. The maximum Gasteiger partial charge on any atom is 0.181 e. The van der Waals surface area contributed by atoms with Crippen molar-refractivity contribution in [1.82, 2.24) is 9.97 Å². The number of nitrogens with zero attached hydrogens (tertiary/aromatic N) is 4. The minimum Gasteiger partial charge on any atom is -0.443 e. The largest absolute Gasteiger partial charge is 0.443 e. The molecule has 0 atom stereocenters. The van der Waals surface area contributed by atoms with Crippen molar-refractivity contribution in [2.75, 3.05) is 4.90 Å². The van der Waals surface area contributed by atoms with E-state index in [0.717, 1.165) is 71.9 Å². The van der Waals surface area contributed by atoms with Crippen LogP contribution in [0.5, 0.6) is 0 Å². The summed E-state index contributed by atoms with van der Waals surface area (Å²) < 4.78 is 11.0. The van der Waals surface area contributed by atoms with Gasteiger partial charge in [-0.15, -0.1) is 0 Å². The number of anilines is 3. The van der Waals surface area contributed by atoms with Gasteiger partial charge in [0.2, 0.25) is 0 Å². The van der Waals surface area contributed by atoms with E-state index in [2.05, 4.69) is 75.5 Å². The molecule has 0 saturated carbocycles. The average Bonchev–Trinajstić information content (AvgIpc) is 3.69. The van der Waals surface area contributed by atoms with Gasteiger partial charge in [-0.1, -0.05) is 36.4 Å². The molecule has 0 amide bonds. The molecular weight excluding hydrogens is 508 g/mol. The van der Waals surface area contributed by atoms with Gasteiger partial charge in [-0.25, -0.2) is 9.97 Å². The summed E-state index contributed by atoms with van der Waals surface area (Å²) in [5.41, 5.74) is 8.88. The van der Waals surface area contributed by atoms with E-state index in [1.165, 1.54) is 12.8 Å². The van der Waals surface area contributed by atoms with E-state index in [0.29, 0.717) is 5.56 Å². The number of benzene rings is 6. The minimum atomic E-state index is 0.663. The van der Waals surface area contributed by atoms with E-state index in [4.69, 9.17) is 8.83 Å². The van der Waals surface area contributed by atoms with E-state index in [-0.39, 0.29) is 0 Å². The number of fused-ring (bicyclic) bond motifs is 4. The molecule has 0 saturated heterocycles. The first kappa shape index (κ1) is 23.0. The Balaban J connectivity index is 1.23. The van der Waals surface area contributed by atoms with Gasteiger partial charge in [0.05, 0.1) is 11.6 Å². The lowest BCUT2D eigenvalue weighted by Gasteiger charge is -2.25. The van der Waals surface area contributed by atoms with E-state index in [1.54, 1.807) is 0 Å². The number of nitriles is 1. The fraction of sp³-hybridized carbons (Fsp3) is 0. The Morgan fingerprint density at radius 3 is 1.73 bits per heavy atom. The van der Waals surface area contributed by atoms with Gasteiger partial charge < -0.3 is 13.7 Å². The second-order valence-corrected chi connectivity index (χ2v) is 9.98. The van der Waals surface area contributed by atoms with Crippen molar-refractivity contribution in [2.24, 2.45) is 0 Å². The molecule has 0 unspecified atom stereocenters. The van der Waals surface area contributed by atoms with E-state index < -0.39 is 0 Å². The lowest BCUT2D eigenvalue weighted by atomic mass is 9.97. The molecule has 0 fully saturated rings. The van der Waals surface area contributed by atoms with Crippen LogP contribution in [0.2, 0.25) is 0 Å². The van der Waals surface area contributed by atoms with Gasteiger partial charge in [0, 0.05) is 17.1 Å². The zero-order chi connectivity index (χ0) is 27.3. The fourth-order valence-corrected chi connectivity index (χ4v) is 5.47. The molecule has 0 spiro atoms. The highest BCUT2D eigenvalue weighted by Crippen LogP contribution is 2.39. The molecule has 6 aromatic carbocycles. The van der Waals surface area contributed by atoms with Crippen LogP contribution in [0.1, 0.15) is 5.56 Å². The van der Waals surface area contributed by atoms with Crippen LogP contribution in [0, 0.1) is 11.3 Å². The number of oxazole rings is 2. The van der Waals surface area contributed by atoms with Crippen LogP contribution >= 0.6 is 0 Å². The van der Waals surface area contributed by atoms with Crippen LogP contribution in [-0.2, 0) is 0 Å². The van der Waals surface area contributed by atoms with Crippen molar-refractivity contribution >= 4 is 60.8 Å². The first-order chi connectivity index (χ1) is 20.2. The SMILES string of the molecule is N#Cc1ccc2ccc(-c3ccc4cc(N(c5ccc6ocnc6c5)c5ccc6ocnc6c5)ccc4c3)cc2c1. The van der Waals surface area contributed by atoms with Gasteiger partial charge in [0.15, 0.2) is 24.0 Å². The van der Waals surface area contributed by atoms with Crippen molar-refractivity contribution in [2.45, 2.75) is 0 Å². The molecule has 6 nitrogen and oxygen atoms in total. The van der Waals surface area contributed by atoms with Crippen LogP contribution in [0.4, 0.5) is 17.1 Å². The molecule has 0 bridgehead atoms. The van der Waals surface area contributed by atoms with Crippen molar-refractivity contribution in [1.29, 1.82) is 5.26 Å². The maximum atomic E-state index is 9.31.